The Bertz CT molecular complexity index is 1040. The molecule has 0 amide bonds. The third kappa shape index (κ3) is 4.22. The van der Waals surface area contributed by atoms with Gasteiger partial charge in [-0.1, -0.05) is 6.07 Å². The zero-order valence-electron chi connectivity index (χ0n) is 15.5. The van der Waals surface area contributed by atoms with Gasteiger partial charge in [0.2, 0.25) is 0 Å². The predicted molar refractivity (Wildman–Crippen MR) is 99.6 cm³/mol. The van der Waals surface area contributed by atoms with Crippen LogP contribution >= 0.6 is 0 Å². The minimum Gasteiger partial charge on any atom is -0.493 e. The fraction of sp³-hybridized carbons (Fsp3) is 0.263. The van der Waals surface area contributed by atoms with E-state index in [1.54, 1.807) is 19.9 Å². The Morgan fingerprint density at radius 2 is 1.89 bits per heavy atom. The van der Waals surface area contributed by atoms with Crippen molar-refractivity contribution in [2.45, 2.75) is 20.0 Å². The van der Waals surface area contributed by atoms with E-state index in [9.17, 15) is 20.1 Å². The van der Waals surface area contributed by atoms with Gasteiger partial charge in [-0.15, -0.1) is 0 Å². The average molecular weight is 382 g/mol. The van der Waals surface area contributed by atoms with Crippen molar-refractivity contribution in [2.24, 2.45) is 0 Å². The van der Waals surface area contributed by atoms with Crippen molar-refractivity contribution in [1.29, 1.82) is 10.5 Å². The van der Waals surface area contributed by atoms with Gasteiger partial charge >= 0.3 is 5.97 Å². The van der Waals surface area contributed by atoms with Crippen LogP contribution in [0, 0.1) is 22.7 Å². The number of nitriles is 2. The SMILES string of the molecule is COc1cc(-c2c(C#N)c(N)[nH]c(=O)c2C#N)ccc1OCC(=O)OC(C)C. The molecule has 1 aromatic heterocycles. The quantitative estimate of drug-likeness (QED) is 0.716. The van der Waals surface area contributed by atoms with E-state index in [0.29, 0.717) is 5.56 Å². The van der Waals surface area contributed by atoms with E-state index in [1.807, 2.05) is 6.07 Å². The van der Waals surface area contributed by atoms with Gasteiger partial charge in [-0.05, 0) is 31.5 Å². The molecule has 2 aromatic rings. The molecule has 1 aromatic carbocycles. The zero-order valence-corrected chi connectivity index (χ0v) is 15.5. The normalized spacial score (nSPS) is 10.1. The third-order valence-corrected chi connectivity index (χ3v) is 3.63. The largest absolute Gasteiger partial charge is 0.493 e. The summed E-state index contributed by atoms with van der Waals surface area (Å²) < 4.78 is 15.7. The van der Waals surface area contributed by atoms with E-state index in [-0.39, 0.29) is 46.7 Å². The molecule has 0 atom stereocenters. The third-order valence-electron chi connectivity index (χ3n) is 3.63. The van der Waals surface area contributed by atoms with E-state index in [1.165, 1.54) is 25.3 Å². The number of H-pyrrole nitrogens is 1. The second kappa shape index (κ2) is 8.60. The summed E-state index contributed by atoms with van der Waals surface area (Å²) in [6.07, 6.45) is -0.268. The van der Waals surface area contributed by atoms with Gasteiger partial charge in [0.25, 0.3) is 5.56 Å². The fourth-order valence-electron chi connectivity index (χ4n) is 2.51. The van der Waals surface area contributed by atoms with Crippen molar-refractivity contribution in [3.05, 3.63) is 39.7 Å². The summed E-state index contributed by atoms with van der Waals surface area (Å²) in [7, 11) is 1.39. The number of hydrogen-bond acceptors (Lipinski definition) is 8. The van der Waals surface area contributed by atoms with E-state index in [4.69, 9.17) is 19.9 Å². The number of hydrogen-bond donors (Lipinski definition) is 2. The lowest BCUT2D eigenvalue weighted by Crippen LogP contribution is -2.19. The van der Waals surface area contributed by atoms with Gasteiger partial charge in [0.1, 0.15) is 29.1 Å². The number of nitrogen functional groups attached to an aromatic ring is 1. The van der Waals surface area contributed by atoms with Crippen LogP contribution in [-0.4, -0.2) is 30.8 Å². The first-order valence-electron chi connectivity index (χ1n) is 8.19. The standard InChI is InChI=1S/C19H18N4O5/c1-10(2)28-16(24)9-27-14-5-4-11(6-15(14)26-3)17-12(7-20)18(22)23-19(25)13(17)8-21/h4-6,10H,9H2,1-3H3,(H3,22,23,25). The van der Waals surface area contributed by atoms with E-state index < -0.39 is 11.5 Å². The number of rotatable bonds is 6. The maximum Gasteiger partial charge on any atom is 0.344 e. The highest BCUT2D eigenvalue weighted by Crippen LogP contribution is 2.35. The molecule has 0 radical (unpaired) electrons. The number of nitrogens with two attached hydrogens (primary N) is 1. The van der Waals surface area contributed by atoms with Gasteiger partial charge in [-0.25, -0.2) is 4.79 Å². The van der Waals surface area contributed by atoms with Crippen molar-refractivity contribution in [3.63, 3.8) is 0 Å². The summed E-state index contributed by atoms with van der Waals surface area (Å²) in [5.41, 5.74) is 5.19. The summed E-state index contributed by atoms with van der Waals surface area (Å²) in [4.78, 5) is 26.0. The van der Waals surface area contributed by atoms with Crippen LogP contribution in [0.1, 0.15) is 25.0 Å². The highest BCUT2D eigenvalue weighted by molar-refractivity contribution is 5.81. The van der Waals surface area contributed by atoms with E-state index >= 15 is 0 Å². The number of nitrogens with one attached hydrogen (secondary N) is 1. The molecule has 0 aliphatic carbocycles. The number of aromatic amines is 1. The van der Waals surface area contributed by atoms with Crippen LogP contribution in [-0.2, 0) is 9.53 Å². The smallest absolute Gasteiger partial charge is 0.344 e. The number of carbonyl (C=O) groups excluding carboxylic acids is 1. The second-order valence-electron chi connectivity index (χ2n) is 5.91. The Morgan fingerprint density at radius 3 is 2.46 bits per heavy atom. The molecule has 9 nitrogen and oxygen atoms in total. The molecule has 2 rings (SSSR count). The van der Waals surface area contributed by atoms with Gasteiger partial charge in [-0.3, -0.25) is 4.79 Å². The highest BCUT2D eigenvalue weighted by Gasteiger charge is 2.20. The average Bonchev–Trinajstić information content (AvgIpc) is 2.65. The molecular formula is C19H18N4O5. The van der Waals surface area contributed by atoms with Crippen LogP contribution in [0.3, 0.4) is 0 Å². The molecule has 0 bridgehead atoms. The molecule has 0 spiro atoms. The lowest BCUT2D eigenvalue weighted by molar-refractivity contribution is -0.149. The Hall–Kier alpha value is -3.98. The predicted octanol–water partition coefficient (Wildman–Crippen LogP) is 1.71. The molecule has 0 aliphatic heterocycles. The first-order chi connectivity index (χ1) is 13.3. The van der Waals surface area contributed by atoms with Crippen molar-refractivity contribution < 1.29 is 19.0 Å². The summed E-state index contributed by atoms with van der Waals surface area (Å²) in [6, 6.07) is 8.20. The maximum atomic E-state index is 12.0. The van der Waals surface area contributed by atoms with Gasteiger partial charge in [0, 0.05) is 5.56 Å². The minimum atomic E-state index is -0.704. The van der Waals surface area contributed by atoms with Gasteiger partial charge in [0.05, 0.1) is 13.2 Å². The summed E-state index contributed by atoms with van der Waals surface area (Å²) >= 11 is 0. The van der Waals surface area contributed by atoms with Gasteiger partial charge in [0.15, 0.2) is 18.1 Å². The molecule has 144 valence electrons. The number of pyridine rings is 1. The number of carbonyl (C=O) groups is 1. The Balaban J connectivity index is 2.48. The molecule has 28 heavy (non-hydrogen) atoms. The number of esters is 1. The van der Waals surface area contributed by atoms with Crippen molar-refractivity contribution in [3.8, 4) is 34.8 Å². The first kappa shape index (κ1) is 20.3. The highest BCUT2D eigenvalue weighted by atomic mass is 16.6. The van der Waals surface area contributed by atoms with Crippen LogP contribution in [0.2, 0.25) is 0 Å². The molecule has 3 N–H and O–H groups in total. The first-order valence-corrected chi connectivity index (χ1v) is 8.19. The lowest BCUT2D eigenvalue weighted by Gasteiger charge is -2.14. The fourth-order valence-corrected chi connectivity index (χ4v) is 2.51. The molecule has 0 aliphatic rings. The minimum absolute atomic E-state index is 0.0348. The van der Waals surface area contributed by atoms with Gasteiger partial charge in [-0.2, -0.15) is 10.5 Å². The number of ether oxygens (including phenoxy) is 3. The lowest BCUT2D eigenvalue weighted by atomic mass is 9.96. The molecule has 0 unspecified atom stereocenters. The van der Waals surface area contributed by atoms with E-state index in [0.717, 1.165) is 0 Å². The Labute approximate surface area is 160 Å². The summed E-state index contributed by atoms with van der Waals surface area (Å²) in [6.45, 7) is 3.12. The Morgan fingerprint density at radius 1 is 1.21 bits per heavy atom. The molecular weight excluding hydrogens is 364 g/mol. The number of aromatic nitrogens is 1. The molecule has 0 saturated carbocycles. The Kier molecular flexibility index (Phi) is 6.25. The number of methoxy groups -OCH3 is 1. The van der Waals surface area contributed by atoms with Crippen molar-refractivity contribution in [2.75, 3.05) is 19.5 Å². The summed E-state index contributed by atoms with van der Waals surface area (Å²) in [5, 5.41) is 18.7. The van der Waals surface area contributed by atoms with E-state index in [2.05, 4.69) is 4.98 Å². The number of benzene rings is 1. The van der Waals surface area contributed by atoms with Crippen LogP contribution in [0.5, 0.6) is 11.5 Å². The number of anilines is 1. The molecule has 0 saturated heterocycles. The number of nitrogens with zero attached hydrogens (tertiary/aromatic N) is 2. The molecule has 1 heterocycles. The second-order valence-corrected chi connectivity index (χ2v) is 5.91. The maximum absolute atomic E-state index is 12.0. The van der Waals surface area contributed by atoms with Crippen LogP contribution in [0.25, 0.3) is 11.1 Å². The molecule has 9 heteroatoms. The monoisotopic (exact) mass is 382 g/mol. The van der Waals surface area contributed by atoms with Crippen LogP contribution in [0.4, 0.5) is 5.82 Å². The summed E-state index contributed by atoms with van der Waals surface area (Å²) in [5.74, 6) is -0.192. The topological polar surface area (TPSA) is 151 Å². The van der Waals surface area contributed by atoms with Crippen molar-refractivity contribution in [1.82, 2.24) is 4.98 Å². The van der Waals surface area contributed by atoms with Crippen LogP contribution < -0.4 is 20.8 Å². The van der Waals surface area contributed by atoms with Crippen LogP contribution in [0.15, 0.2) is 23.0 Å². The van der Waals surface area contributed by atoms with Crippen molar-refractivity contribution >= 4 is 11.8 Å². The zero-order chi connectivity index (χ0) is 20.8. The van der Waals surface area contributed by atoms with Gasteiger partial charge < -0.3 is 24.9 Å². The molecule has 0 fully saturated rings.